The van der Waals surface area contributed by atoms with Crippen LogP contribution < -0.4 is 10.6 Å². The van der Waals surface area contributed by atoms with Gasteiger partial charge in [-0.1, -0.05) is 30.3 Å². The Kier molecular flexibility index (Phi) is 8.51. The quantitative estimate of drug-likeness (QED) is 0.525. The van der Waals surface area contributed by atoms with E-state index in [1.807, 2.05) is 0 Å². The Morgan fingerprint density at radius 3 is 2.77 bits per heavy atom. The number of hydrogen-bond donors (Lipinski definition) is 2. The highest BCUT2D eigenvalue weighted by Gasteiger charge is 2.29. The minimum absolute atomic E-state index is 0.00416. The maximum Gasteiger partial charge on any atom is 0.243 e. The summed E-state index contributed by atoms with van der Waals surface area (Å²) in [5.41, 5.74) is 1.34. The Balaban J connectivity index is 1.57. The van der Waals surface area contributed by atoms with Gasteiger partial charge in [-0.15, -0.1) is 0 Å². The number of benzene rings is 1. The second-order valence-electron chi connectivity index (χ2n) is 8.66. The van der Waals surface area contributed by atoms with Gasteiger partial charge in [-0.2, -0.15) is 0 Å². The van der Waals surface area contributed by atoms with E-state index in [1.165, 1.54) is 12.0 Å². The van der Waals surface area contributed by atoms with Crippen LogP contribution in [0.15, 0.2) is 35.3 Å². The van der Waals surface area contributed by atoms with Crippen molar-refractivity contribution in [2.75, 3.05) is 40.3 Å². The summed E-state index contributed by atoms with van der Waals surface area (Å²) in [6, 6.07) is 11.4. The van der Waals surface area contributed by atoms with E-state index in [9.17, 15) is 4.79 Å². The third kappa shape index (κ3) is 6.99. The minimum Gasteiger partial charge on any atom is -0.376 e. The first-order valence-electron chi connectivity index (χ1n) is 11.2. The largest absolute Gasteiger partial charge is 0.376 e. The molecule has 0 radical (unpaired) electrons. The molecule has 3 atom stereocenters. The third-order valence-corrected chi connectivity index (χ3v) is 5.92. The van der Waals surface area contributed by atoms with Crippen LogP contribution in [-0.4, -0.2) is 80.2 Å². The van der Waals surface area contributed by atoms with Gasteiger partial charge in [-0.05, 0) is 38.2 Å². The first kappa shape index (κ1) is 22.6. The molecule has 7 nitrogen and oxygen atoms in total. The molecule has 0 saturated carbocycles. The second-order valence-corrected chi connectivity index (χ2v) is 8.66. The predicted octanol–water partition coefficient (Wildman–Crippen LogP) is 1.84. The Morgan fingerprint density at radius 2 is 2.07 bits per heavy atom. The zero-order chi connectivity index (χ0) is 21.3. The van der Waals surface area contributed by atoms with E-state index in [2.05, 4.69) is 57.8 Å². The van der Waals surface area contributed by atoms with Gasteiger partial charge in [0.1, 0.15) is 6.54 Å². The molecule has 2 N–H and O–H groups in total. The molecule has 0 aliphatic carbocycles. The summed E-state index contributed by atoms with van der Waals surface area (Å²) in [5, 5.41) is 6.98. The van der Waals surface area contributed by atoms with Crippen LogP contribution in [-0.2, 0) is 16.1 Å². The van der Waals surface area contributed by atoms with Crippen molar-refractivity contribution < 1.29 is 9.53 Å². The zero-order valence-electron chi connectivity index (χ0n) is 18.6. The lowest BCUT2D eigenvalue weighted by atomic mass is 10.1. The smallest absolute Gasteiger partial charge is 0.243 e. The van der Waals surface area contributed by atoms with E-state index in [-0.39, 0.29) is 18.6 Å². The SMILES string of the molecule is CC1CC(NC(=NCC(=O)N(C)C)NCC2CCCCO2)CN1Cc1ccccc1. The lowest BCUT2D eigenvalue weighted by Gasteiger charge is -2.25. The Hall–Kier alpha value is -2.12. The summed E-state index contributed by atoms with van der Waals surface area (Å²) < 4.78 is 5.83. The lowest BCUT2D eigenvalue weighted by molar-refractivity contribution is -0.127. The van der Waals surface area contributed by atoms with Crippen LogP contribution >= 0.6 is 0 Å². The molecule has 1 aromatic rings. The summed E-state index contributed by atoms with van der Waals surface area (Å²) >= 11 is 0. The van der Waals surface area contributed by atoms with E-state index in [0.717, 1.165) is 45.5 Å². The van der Waals surface area contributed by atoms with Gasteiger partial charge in [0.05, 0.1) is 6.10 Å². The number of likely N-dealkylation sites (N-methyl/N-ethyl adjacent to an activating group) is 1. The average molecular weight is 416 g/mol. The standard InChI is InChI=1S/C23H37N5O2/c1-18-13-20(17-28(18)16-19-9-5-4-6-10-19)26-23(25-15-22(29)27(2)3)24-14-21-11-7-8-12-30-21/h4-6,9-10,18,20-21H,7-8,11-17H2,1-3H3,(H2,24,25,26). The summed E-state index contributed by atoms with van der Waals surface area (Å²) in [6.07, 6.45) is 4.69. The second kappa shape index (κ2) is 11.3. The van der Waals surface area contributed by atoms with E-state index in [4.69, 9.17) is 4.74 Å². The molecule has 2 heterocycles. The molecule has 3 rings (SSSR count). The highest BCUT2D eigenvalue weighted by Crippen LogP contribution is 2.20. The third-order valence-electron chi connectivity index (χ3n) is 5.92. The van der Waals surface area contributed by atoms with Crippen LogP contribution in [0.3, 0.4) is 0 Å². The van der Waals surface area contributed by atoms with Gasteiger partial charge < -0.3 is 20.3 Å². The zero-order valence-corrected chi connectivity index (χ0v) is 18.6. The number of likely N-dealkylation sites (tertiary alicyclic amines) is 1. The number of nitrogens with one attached hydrogen (secondary N) is 2. The molecule has 0 spiro atoms. The Labute approximate surface area is 180 Å². The highest BCUT2D eigenvalue weighted by atomic mass is 16.5. The fraction of sp³-hybridized carbons (Fsp3) is 0.652. The monoisotopic (exact) mass is 415 g/mol. The van der Waals surface area contributed by atoms with Crippen LogP contribution in [0.2, 0.25) is 0 Å². The fourth-order valence-corrected chi connectivity index (χ4v) is 4.05. The van der Waals surface area contributed by atoms with Crippen molar-refractivity contribution in [1.29, 1.82) is 0 Å². The number of aliphatic imine (C=N–C) groups is 1. The van der Waals surface area contributed by atoms with Crippen molar-refractivity contribution in [3.63, 3.8) is 0 Å². The van der Waals surface area contributed by atoms with Crippen molar-refractivity contribution in [3.8, 4) is 0 Å². The normalized spacial score (nSPS) is 25.2. The number of hydrogen-bond acceptors (Lipinski definition) is 4. The number of guanidine groups is 1. The molecule has 2 aliphatic heterocycles. The van der Waals surface area contributed by atoms with Gasteiger partial charge in [0, 0.05) is 52.4 Å². The van der Waals surface area contributed by atoms with Crippen LogP contribution in [0.5, 0.6) is 0 Å². The highest BCUT2D eigenvalue weighted by molar-refractivity contribution is 5.85. The molecule has 2 aliphatic rings. The van der Waals surface area contributed by atoms with E-state index >= 15 is 0 Å². The number of carbonyl (C=O) groups is 1. The summed E-state index contributed by atoms with van der Waals surface area (Å²) in [7, 11) is 3.52. The maximum absolute atomic E-state index is 12.0. The first-order chi connectivity index (χ1) is 14.5. The number of carbonyl (C=O) groups excluding carboxylic acids is 1. The van der Waals surface area contributed by atoms with E-state index < -0.39 is 0 Å². The van der Waals surface area contributed by atoms with Gasteiger partial charge in [0.25, 0.3) is 0 Å². The molecular weight excluding hydrogens is 378 g/mol. The van der Waals surface area contributed by atoms with Gasteiger partial charge >= 0.3 is 0 Å². The summed E-state index contributed by atoms with van der Waals surface area (Å²) in [6.45, 7) is 5.88. The van der Waals surface area contributed by atoms with Gasteiger partial charge in [-0.25, -0.2) is 4.99 Å². The van der Waals surface area contributed by atoms with Crippen LogP contribution in [0.4, 0.5) is 0 Å². The average Bonchev–Trinajstić information content (AvgIpc) is 3.09. The van der Waals surface area contributed by atoms with E-state index in [0.29, 0.717) is 18.0 Å². The molecular formula is C23H37N5O2. The molecule has 1 aromatic carbocycles. The topological polar surface area (TPSA) is 69.2 Å². The van der Waals surface area contributed by atoms with Crippen molar-refractivity contribution in [1.82, 2.24) is 20.4 Å². The van der Waals surface area contributed by atoms with Gasteiger partial charge in [-0.3, -0.25) is 9.69 Å². The van der Waals surface area contributed by atoms with Crippen molar-refractivity contribution >= 4 is 11.9 Å². The molecule has 0 bridgehead atoms. The molecule has 3 unspecified atom stereocenters. The van der Waals surface area contributed by atoms with Crippen molar-refractivity contribution in [2.24, 2.45) is 4.99 Å². The summed E-state index contributed by atoms with van der Waals surface area (Å²) in [5.74, 6) is 0.702. The molecule has 1 amide bonds. The lowest BCUT2D eigenvalue weighted by Crippen LogP contribution is -2.47. The first-order valence-corrected chi connectivity index (χ1v) is 11.2. The fourth-order valence-electron chi connectivity index (χ4n) is 4.05. The Bertz CT molecular complexity index is 688. The minimum atomic E-state index is -0.00416. The van der Waals surface area contributed by atoms with Gasteiger partial charge in [0.15, 0.2) is 5.96 Å². The maximum atomic E-state index is 12.0. The number of nitrogens with zero attached hydrogens (tertiary/aromatic N) is 3. The van der Waals surface area contributed by atoms with Crippen molar-refractivity contribution in [3.05, 3.63) is 35.9 Å². The Morgan fingerprint density at radius 1 is 1.27 bits per heavy atom. The number of ether oxygens (including phenoxy) is 1. The van der Waals surface area contributed by atoms with Crippen LogP contribution in [0, 0.1) is 0 Å². The number of amides is 1. The van der Waals surface area contributed by atoms with E-state index in [1.54, 1.807) is 19.0 Å². The molecule has 0 aromatic heterocycles. The molecule has 30 heavy (non-hydrogen) atoms. The van der Waals surface area contributed by atoms with Crippen LogP contribution in [0.25, 0.3) is 0 Å². The molecule has 7 heteroatoms. The summed E-state index contributed by atoms with van der Waals surface area (Å²) in [4.78, 5) is 20.7. The van der Waals surface area contributed by atoms with Crippen molar-refractivity contribution in [2.45, 2.75) is 57.3 Å². The molecule has 166 valence electrons. The van der Waals surface area contributed by atoms with Gasteiger partial charge in [0.2, 0.25) is 5.91 Å². The predicted molar refractivity (Wildman–Crippen MR) is 120 cm³/mol. The number of rotatable bonds is 7. The molecule has 2 saturated heterocycles. The molecule has 2 fully saturated rings. The van der Waals surface area contributed by atoms with Crippen LogP contribution in [0.1, 0.15) is 38.2 Å².